The Morgan fingerprint density at radius 1 is 0.915 bits per heavy atom. The first-order valence-corrected chi connectivity index (χ1v) is 15.7. The molecule has 1 aromatic heterocycles. The molecule has 4 aromatic rings. The third-order valence-corrected chi connectivity index (χ3v) is 9.05. The van der Waals surface area contributed by atoms with Crippen molar-refractivity contribution < 1.29 is 32.6 Å². The number of fused-ring (bicyclic) bond motifs is 1. The van der Waals surface area contributed by atoms with Crippen molar-refractivity contribution in [3.63, 3.8) is 0 Å². The van der Waals surface area contributed by atoms with Crippen molar-refractivity contribution in [3.8, 4) is 17.2 Å². The van der Waals surface area contributed by atoms with E-state index in [-0.39, 0.29) is 11.4 Å². The number of anilines is 3. The fourth-order valence-corrected chi connectivity index (χ4v) is 6.23. The summed E-state index contributed by atoms with van der Waals surface area (Å²) in [5, 5.41) is 6.03. The fourth-order valence-electron chi connectivity index (χ4n) is 6.23. The molecule has 7 rings (SSSR count). The smallest absolute Gasteiger partial charge is 0.240 e. The van der Waals surface area contributed by atoms with Crippen LogP contribution in [0.5, 0.6) is 17.2 Å². The molecule has 2 amide bonds. The molecule has 2 N–H and O–H groups in total. The molecule has 0 atom stereocenters. The summed E-state index contributed by atoms with van der Waals surface area (Å²) < 4.78 is 45.8. The standard InChI is InChI=1S/C35H35F2N5O5/c1-45-30-9-7-26-28(10-13-38-31(26)32(30)42-20-22(21-42)19-41-14-16-46-17-15-41)47-29-8-6-25(18-27(29)37)40-34(44)35(11-12-35)33(43)39-24-4-2-23(36)3-5-24/h2-10,13,18,22H,11-12,14-17,19-21H2,1H3,(H,39,43)(H,40,44). The van der Waals surface area contributed by atoms with E-state index >= 15 is 4.39 Å². The molecule has 244 valence electrons. The second-order valence-electron chi connectivity index (χ2n) is 12.3. The number of benzene rings is 3. The Morgan fingerprint density at radius 3 is 2.28 bits per heavy atom. The van der Waals surface area contributed by atoms with Crippen molar-refractivity contribution in [3.05, 3.63) is 78.5 Å². The number of nitrogens with one attached hydrogen (secondary N) is 2. The van der Waals surface area contributed by atoms with E-state index in [4.69, 9.17) is 14.2 Å². The summed E-state index contributed by atoms with van der Waals surface area (Å²) in [5.41, 5.74) is 0.884. The van der Waals surface area contributed by atoms with Crippen LogP contribution in [0.1, 0.15) is 12.8 Å². The summed E-state index contributed by atoms with van der Waals surface area (Å²) in [6, 6.07) is 14.8. The number of amides is 2. The number of methoxy groups -OCH3 is 1. The number of halogens is 2. The largest absolute Gasteiger partial charge is 0.494 e. The molecule has 1 aliphatic carbocycles. The van der Waals surface area contributed by atoms with Crippen LogP contribution in [0.25, 0.3) is 10.9 Å². The van der Waals surface area contributed by atoms with Gasteiger partial charge in [0.1, 0.15) is 33.9 Å². The quantitative estimate of drug-likeness (QED) is 0.220. The van der Waals surface area contributed by atoms with Crippen LogP contribution in [-0.2, 0) is 14.3 Å². The maximum atomic E-state index is 15.4. The van der Waals surface area contributed by atoms with Gasteiger partial charge in [0, 0.05) is 67.7 Å². The predicted octanol–water partition coefficient (Wildman–Crippen LogP) is 5.44. The van der Waals surface area contributed by atoms with Gasteiger partial charge in [-0.3, -0.25) is 19.5 Å². The van der Waals surface area contributed by atoms with Crippen molar-refractivity contribution >= 4 is 39.8 Å². The highest BCUT2D eigenvalue weighted by atomic mass is 19.1. The van der Waals surface area contributed by atoms with E-state index in [1.54, 1.807) is 19.4 Å². The van der Waals surface area contributed by atoms with E-state index in [1.807, 2.05) is 12.1 Å². The van der Waals surface area contributed by atoms with E-state index in [2.05, 4.69) is 25.4 Å². The fraction of sp³-hybridized carbons (Fsp3) is 0.343. The number of hydrogen-bond acceptors (Lipinski definition) is 8. The van der Waals surface area contributed by atoms with E-state index in [0.29, 0.717) is 46.8 Å². The highest BCUT2D eigenvalue weighted by Crippen LogP contribution is 2.48. The summed E-state index contributed by atoms with van der Waals surface area (Å²) >= 11 is 0. The molecular weight excluding hydrogens is 608 g/mol. The van der Waals surface area contributed by atoms with Gasteiger partial charge >= 0.3 is 0 Å². The van der Waals surface area contributed by atoms with Crippen molar-refractivity contribution in [1.82, 2.24) is 9.88 Å². The van der Waals surface area contributed by atoms with Crippen molar-refractivity contribution in [2.75, 3.05) is 68.6 Å². The number of carbonyl (C=O) groups excluding carboxylic acids is 2. The lowest BCUT2D eigenvalue weighted by Gasteiger charge is -2.44. The summed E-state index contributed by atoms with van der Waals surface area (Å²) in [5.74, 6) is -0.516. The van der Waals surface area contributed by atoms with Gasteiger partial charge in [0.2, 0.25) is 11.8 Å². The predicted molar refractivity (Wildman–Crippen MR) is 173 cm³/mol. The number of carbonyl (C=O) groups is 2. The van der Waals surface area contributed by atoms with Crippen molar-refractivity contribution in [1.29, 1.82) is 0 Å². The van der Waals surface area contributed by atoms with E-state index < -0.39 is 28.9 Å². The first-order chi connectivity index (χ1) is 22.8. The average Bonchev–Trinajstić information content (AvgIpc) is 3.88. The first-order valence-electron chi connectivity index (χ1n) is 15.7. The van der Waals surface area contributed by atoms with Gasteiger partial charge in [-0.05, 0) is 67.4 Å². The van der Waals surface area contributed by atoms with E-state index in [9.17, 15) is 14.0 Å². The van der Waals surface area contributed by atoms with Crippen LogP contribution in [0, 0.1) is 23.0 Å². The van der Waals surface area contributed by atoms with Gasteiger partial charge < -0.3 is 29.7 Å². The third-order valence-electron chi connectivity index (χ3n) is 9.05. The number of aromatic nitrogens is 1. The Balaban J connectivity index is 1.04. The average molecular weight is 644 g/mol. The van der Waals surface area contributed by atoms with E-state index in [0.717, 1.165) is 57.7 Å². The Kier molecular flexibility index (Phi) is 8.37. The third kappa shape index (κ3) is 6.30. The van der Waals surface area contributed by atoms with Gasteiger partial charge in [0.05, 0.1) is 20.3 Å². The number of hydrogen-bond donors (Lipinski definition) is 2. The minimum absolute atomic E-state index is 0.0300. The SMILES string of the molecule is COc1ccc2c(Oc3ccc(NC(=O)C4(C(=O)Nc5ccc(F)cc5)CC4)cc3F)ccnc2c1N1CC(CN2CCOCC2)C1. The van der Waals surface area contributed by atoms with Crippen molar-refractivity contribution in [2.24, 2.45) is 11.3 Å². The number of rotatable bonds is 10. The second kappa shape index (κ2) is 12.8. The molecule has 0 bridgehead atoms. The Bertz CT molecular complexity index is 1800. The summed E-state index contributed by atoms with van der Waals surface area (Å²) in [6.07, 6.45) is 2.33. The first kappa shape index (κ1) is 30.8. The van der Waals surface area contributed by atoms with Crippen LogP contribution in [0.4, 0.5) is 25.8 Å². The lowest BCUT2D eigenvalue weighted by atomic mass is 9.97. The van der Waals surface area contributed by atoms with Crippen LogP contribution in [0.3, 0.4) is 0 Å². The molecule has 3 heterocycles. The maximum absolute atomic E-state index is 15.4. The molecular formula is C35H35F2N5O5. The zero-order valence-corrected chi connectivity index (χ0v) is 25.9. The van der Waals surface area contributed by atoms with Crippen LogP contribution in [-0.4, -0.2) is 74.7 Å². The van der Waals surface area contributed by atoms with Crippen molar-refractivity contribution in [2.45, 2.75) is 12.8 Å². The Morgan fingerprint density at radius 2 is 1.60 bits per heavy atom. The molecule has 3 aliphatic rings. The monoisotopic (exact) mass is 643 g/mol. The molecule has 0 spiro atoms. The number of ether oxygens (including phenoxy) is 3. The molecule has 1 saturated carbocycles. The number of morpholine rings is 1. The summed E-state index contributed by atoms with van der Waals surface area (Å²) in [6.45, 7) is 6.23. The second-order valence-corrected chi connectivity index (χ2v) is 12.3. The zero-order valence-electron chi connectivity index (χ0n) is 25.9. The molecule has 0 radical (unpaired) electrons. The van der Waals surface area contributed by atoms with Crippen LogP contribution in [0.15, 0.2) is 66.9 Å². The van der Waals surface area contributed by atoms with Crippen LogP contribution in [0.2, 0.25) is 0 Å². The molecule has 10 nitrogen and oxygen atoms in total. The minimum Gasteiger partial charge on any atom is -0.494 e. The summed E-state index contributed by atoms with van der Waals surface area (Å²) in [4.78, 5) is 35.3. The lowest BCUT2D eigenvalue weighted by Crippen LogP contribution is -2.53. The molecule has 12 heteroatoms. The lowest BCUT2D eigenvalue weighted by molar-refractivity contribution is -0.131. The molecule has 2 saturated heterocycles. The van der Waals surface area contributed by atoms with Gasteiger partial charge in [-0.2, -0.15) is 0 Å². The van der Waals surface area contributed by atoms with Gasteiger partial charge in [0.25, 0.3) is 0 Å². The van der Waals surface area contributed by atoms with E-state index in [1.165, 1.54) is 36.4 Å². The molecule has 2 aliphatic heterocycles. The molecule has 0 unspecified atom stereocenters. The van der Waals surface area contributed by atoms with Gasteiger partial charge in [-0.15, -0.1) is 0 Å². The molecule has 3 aromatic carbocycles. The van der Waals surface area contributed by atoms with Gasteiger partial charge in [-0.25, -0.2) is 8.78 Å². The maximum Gasteiger partial charge on any atom is 0.240 e. The topological polar surface area (TPSA) is 105 Å². The van der Waals surface area contributed by atoms with Crippen LogP contribution >= 0.6 is 0 Å². The Hall–Kier alpha value is -4.81. The number of pyridine rings is 1. The van der Waals surface area contributed by atoms with Gasteiger partial charge in [0.15, 0.2) is 11.6 Å². The highest BCUT2D eigenvalue weighted by Gasteiger charge is 2.56. The van der Waals surface area contributed by atoms with Gasteiger partial charge in [-0.1, -0.05) is 0 Å². The molecule has 3 fully saturated rings. The van der Waals surface area contributed by atoms with Crippen LogP contribution < -0.4 is 25.0 Å². The molecule has 47 heavy (non-hydrogen) atoms. The Labute approximate surface area is 270 Å². The minimum atomic E-state index is -1.27. The zero-order chi connectivity index (χ0) is 32.5. The number of nitrogens with zero attached hydrogens (tertiary/aromatic N) is 3. The summed E-state index contributed by atoms with van der Waals surface area (Å²) in [7, 11) is 1.63. The normalized spacial score (nSPS) is 17.6. The highest BCUT2D eigenvalue weighted by molar-refractivity contribution is 6.17.